The molecule has 1 aromatic heterocycles. The highest BCUT2D eigenvalue weighted by Gasteiger charge is 2.17. The molecule has 174 valence electrons. The van der Waals surface area contributed by atoms with Crippen LogP contribution in [0, 0.1) is 0 Å². The quantitative estimate of drug-likeness (QED) is 0.283. The Balaban J connectivity index is 1.41. The Hall–Kier alpha value is -3.57. The van der Waals surface area contributed by atoms with Crippen LogP contribution in [0.15, 0.2) is 85.1 Å². The number of hydrogen-bond donors (Lipinski definition) is 0. The summed E-state index contributed by atoms with van der Waals surface area (Å²) in [5.74, 6) is 2.69. The minimum absolute atomic E-state index is 0.296. The van der Waals surface area contributed by atoms with Crippen molar-refractivity contribution in [3.05, 3.63) is 102 Å². The average Bonchev–Trinajstić information content (AvgIpc) is 3.50. The van der Waals surface area contributed by atoms with Gasteiger partial charge in [-0.2, -0.15) is 0 Å². The second kappa shape index (κ2) is 10.6. The number of unbranched alkanes of at least 4 members (excludes halogenated alkanes) is 1. The van der Waals surface area contributed by atoms with E-state index in [0.717, 1.165) is 67.6 Å². The summed E-state index contributed by atoms with van der Waals surface area (Å²) >= 11 is 0. The lowest BCUT2D eigenvalue weighted by Crippen LogP contribution is -2.22. The summed E-state index contributed by atoms with van der Waals surface area (Å²) < 4.78 is 13.4. The third-order valence-electron chi connectivity index (χ3n) is 6.09. The Labute approximate surface area is 201 Å². The number of ether oxygens (including phenoxy) is 2. The van der Waals surface area contributed by atoms with E-state index in [9.17, 15) is 0 Å². The van der Waals surface area contributed by atoms with Crippen molar-refractivity contribution < 1.29 is 9.47 Å². The van der Waals surface area contributed by atoms with Crippen LogP contribution in [0.5, 0.6) is 11.5 Å². The number of nitrogens with zero attached hydrogens (tertiary/aromatic N) is 3. The second-order valence-corrected chi connectivity index (χ2v) is 8.79. The van der Waals surface area contributed by atoms with E-state index in [2.05, 4.69) is 95.4 Å². The van der Waals surface area contributed by atoms with Gasteiger partial charge in [0.15, 0.2) is 11.5 Å². The van der Waals surface area contributed by atoms with Crippen LogP contribution >= 0.6 is 0 Å². The molecule has 0 saturated heterocycles. The van der Waals surface area contributed by atoms with Gasteiger partial charge in [0.2, 0.25) is 6.79 Å². The maximum absolute atomic E-state index is 5.61. The van der Waals surface area contributed by atoms with Gasteiger partial charge in [0.05, 0.1) is 5.69 Å². The maximum atomic E-state index is 5.61. The van der Waals surface area contributed by atoms with E-state index in [0.29, 0.717) is 6.79 Å². The molecule has 0 radical (unpaired) electrons. The van der Waals surface area contributed by atoms with Gasteiger partial charge in [-0.15, -0.1) is 0 Å². The molecule has 3 aromatic carbocycles. The molecule has 0 unspecified atom stereocenters. The first kappa shape index (κ1) is 22.2. The minimum atomic E-state index is 0.296. The largest absolute Gasteiger partial charge is 0.454 e. The molecular formula is C29H31N3O2. The van der Waals surface area contributed by atoms with Crippen LogP contribution in [0.1, 0.15) is 36.6 Å². The number of rotatable bonds is 10. The average molecular weight is 454 g/mol. The van der Waals surface area contributed by atoms with E-state index in [4.69, 9.17) is 14.5 Å². The van der Waals surface area contributed by atoms with E-state index < -0.39 is 0 Å². The van der Waals surface area contributed by atoms with Crippen molar-refractivity contribution in [3.63, 3.8) is 0 Å². The van der Waals surface area contributed by atoms with E-state index in [-0.39, 0.29) is 0 Å². The lowest BCUT2D eigenvalue weighted by Gasteiger charge is -2.22. The monoisotopic (exact) mass is 453 g/mol. The molecule has 4 aromatic rings. The topological polar surface area (TPSA) is 39.5 Å². The number of aromatic nitrogens is 2. The van der Waals surface area contributed by atoms with Crippen LogP contribution in [-0.4, -0.2) is 21.2 Å². The van der Waals surface area contributed by atoms with Crippen molar-refractivity contribution in [1.29, 1.82) is 0 Å². The third kappa shape index (κ3) is 5.32. The van der Waals surface area contributed by atoms with Crippen LogP contribution in [-0.2, 0) is 26.2 Å². The summed E-state index contributed by atoms with van der Waals surface area (Å²) in [4.78, 5) is 7.53. The molecule has 0 atom stereocenters. The summed E-state index contributed by atoms with van der Waals surface area (Å²) in [5, 5.41) is 0. The van der Waals surface area contributed by atoms with Crippen molar-refractivity contribution in [1.82, 2.24) is 14.5 Å². The van der Waals surface area contributed by atoms with Crippen molar-refractivity contribution in [2.75, 3.05) is 6.79 Å². The first-order valence-corrected chi connectivity index (χ1v) is 12.0. The van der Waals surface area contributed by atoms with Gasteiger partial charge in [-0.25, -0.2) is 4.98 Å². The summed E-state index contributed by atoms with van der Waals surface area (Å²) in [6.07, 6.45) is 4.53. The van der Waals surface area contributed by atoms with E-state index in [1.54, 1.807) is 0 Å². The summed E-state index contributed by atoms with van der Waals surface area (Å²) in [6.45, 7) is 5.92. The number of benzene rings is 3. The fourth-order valence-corrected chi connectivity index (χ4v) is 4.40. The molecule has 0 bridgehead atoms. The predicted molar refractivity (Wildman–Crippen MR) is 135 cm³/mol. The SMILES string of the molecule is CCCCn1cc(CN(Cc2ccccc2)Cc2ccc3c(c2)OCO3)nc1-c1ccccc1. The Morgan fingerprint density at radius 3 is 2.35 bits per heavy atom. The highest BCUT2D eigenvalue weighted by atomic mass is 16.7. The van der Waals surface area contributed by atoms with Crippen LogP contribution in [0.25, 0.3) is 11.4 Å². The Bertz CT molecular complexity index is 1200. The first-order valence-electron chi connectivity index (χ1n) is 12.0. The van der Waals surface area contributed by atoms with Gasteiger partial charge >= 0.3 is 0 Å². The number of hydrogen-bond acceptors (Lipinski definition) is 4. The maximum Gasteiger partial charge on any atom is 0.231 e. The molecule has 0 N–H and O–H groups in total. The molecule has 1 aliphatic heterocycles. The molecule has 2 heterocycles. The molecular weight excluding hydrogens is 422 g/mol. The number of fused-ring (bicyclic) bond motifs is 1. The van der Waals surface area contributed by atoms with Gasteiger partial charge < -0.3 is 14.0 Å². The van der Waals surface area contributed by atoms with E-state index in [1.807, 2.05) is 6.07 Å². The second-order valence-electron chi connectivity index (χ2n) is 8.79. The zero-order valence-electron chi connectivity index (χ0n) is 19.7. The van der Waals surface area contributed by atoms with Crippen LogP contribution in [0.3, 0.4) is 0 Å². The normalized spacial score (nSPS) is 12.4. The molecule has 5 heteroatoms. The molecule has 0 aliphatic carbocycles. The zero-order chi connectivity index (χ0) is 23.2. The zero-order valence-corrected chi connectivity index (χ0v) is 19.7. The Kier molecular flexibility index (Phi) is 6.91. The van der Waals surface area contributed by atoms with Crippen LogP contribution in [0.2, 0.25) is 0 Å². The molecule has 0 saturated carbocycles. The molecule has 0 fully saturated rings. The van der Waals surface area contributed by atoms with E-state index >= 15 is 0 Å². The standard InChI is InChI=1S/C29H31N3O2/c1-2-3-16-32-21-26(30-29(32)25-12-8-5-9-13-25)20-31(18-23-10-6-4-7-11-23)19-24-14-15-27-28(17-24)34-22-33-27/h4-15,17,21H,2-3,16,18-20,22H2,1H3. The summed E-state index contributed by atoms with van der Waals surface area (Å²) in [6, 6.07) is 27.3. The fraction of sp³-hybridized carbons (Fsp3) is 0.276. The van der Waals surface area contributed by atoms with Crippen molar-refractivity contribution in [2.24, 2.45) is 0 Å². The highest BCUT2D eigenvalue weighted by molar-refractivity contribution is 5.55. The van der Waals surface area contributed by atoms with Gasteiger partial charge in [-0.1, -0.05) is 80.1 Å². The number of imidazole rings is 1. The minimum Gasteiger partial charge on any atom is -0.454 e. The Morgan fingerprint density at radius 2 is 1.56 bits per heavy atom. The first-order chi connectivity index (χ1) is 16.8. The Morgan fingerprint density at radius 1 is 0.824 bits per heavy atom. The van der Waals surface area contributed by atoms with Gasteiger partial charge in [0.25, 0.3) is 0 Å². The van der Waals surface area contributed by atoms with E-state index in [1.165, 1.54) is 11.1 Å². The third-order valence-corrected chi connectivity index (χ3v) is 6.09. The van der Waals surface area contributed by atoms with Crippen molar-refractivity contribution in [3.8, 4) is 22.9 Å². The molecule has 34 heavy (non-hydrogen) atoms. The molecule has 0 amide bonds. The predicted octanol–water partition coefficient (Wildman–Crippen LogP) is 6.28. The smallest absolute Gasteiger partial charge is 0.231 e. The summed E-state index contributed by atoms with van der Waals surface area (Å²) in [7, 11) is 0. The van der Waals surface area contributed by atoms with Gasteiger partial charge in [0, 0.05) is 37.9 Å². The van der Waals surface area contributed by atoms with Gasteiger partial charge in [0.1, 0.15) is 5.82 Å². The van der Waals surface area contributed by atoms with Gasteiger partial charge in [-0.3, -0.25) is 4.90 Å². The highest BCUT2D eigenvalue weighted by Crippen LogP contribution is 2.33. The van der Waals surface area contributed by atoms with Crippen LogP contribution < -0.4 is 9.47 Å². The molecule has 1 aliphatic rings. The number of aryl methyl sites for hydroxylation is 1. The van der Waals surface area contributed by atoms with Crippen molar-refractivity contribution >= 4 is 0 Å². The van der Waals surface area contributed by atoms with Crippen LogP contribution in [0.4, 0.5) is 0 Å². The molecule has 5 nitrogen and oxygen atoms in total. The lowest BCUT2D eigenvalue weighted by molar-refractivity contribution is 0.174. The molecule has 5 rings (SSSR count). The van der Waals surface area contributed by atoms with Crippen molar-refractivity contribution in [2.45, 2.75) is 45.9 Å². The van der Waals surface area contributed by atoms with Gasteiger partial charge in [-0.05, 0) is 29.7 Å². The molecule has 0 spiro atoms. The summed E-state index contributed by atoms with van der Waals surface area (Å²) in [5.41, 5.74) is 4.74. The lowest BCUT2D eigenvalue weighted by atomic mass is 10.1. The fourth-order valence-electron chi connectivity index (χ4n) is 4.40.